The van der Waals surface area contributed by atoms with Gasteiger partial charge in [0.05, 0.1) is 51.5 Å². The molecule has 0 spiro atoms. The summed E-state index contributed by atoms with van der Waals surface area (Å²) in [5, 5.41) is 8.54. The van der Waals surface area contributed by atoms with Crippen molar-refractivity contribution in [3.8, 4) is 51.7 Å². The number of nitrogens with two attached hydrogens (primary N) is 1. The van der Waals surface area contributed by atoms with Crippen LogP contribution in [0.15, 0.2) is 144 Å². The first-order valence-electron chi connectivity index (χ1n) is 37.7. The second-order valence-electron chi connectivity index (χ2n) is 29.7. The van der Waals surface area contributed by atoms with Gasteiger partial charge in [-0.25, -0.2) is 50.9 Å². The highest BCUT2D eigenvalue weighted by Crippen LogP contribution is 2.37. The van der Waals surface area contributed by atoms with E-state index < -0.39 is 79.6 Å². The highest BCUT2D eigenvalue weighted by molar-refractivity contribution is 9.10. The van der Waals surface area contributed by atoms with Crippen LogP contribution in [0, 0.1) is 48.8 Å². The molecule has 1 radical (unpaired) electrons. The molecule has 9 heterocycles. The van der Waals surface area contributed by atoms with Crippen molar-refractivity contribution in [2.24, 2.45) is 0 Å². The Morgan fingerprint density at radius 2 is 0.984 bits per heavy atom. The summed E-state index contributed by atoms with van der Waals surface area (Å²) >= 11 is 17.4. The summed E-state index contributed by atoms with van der Waals surface area (Å²) in [7, 11) is -1.13. The van der Waals surface area contributed by atoms with Gasteiger partial charge < -0.3 is 53.1 Å². The molecule has 2 aliphatic carbocycles. The SMILES string of the molecule is CC(=O)/C=C/C1=C(OS(=O)(=O)C(F)(F)F)CCN(C(=O)OC(C)(C)C)C1.COc1nc(-c2cc(F)cc(Cl)c2)c(F)cc1-n1c2c(ccc1=O)CCCC2.COc1nc(Br)c(F)cc1-n1c2c(ccc1=O)CCCC2.COc1nc(Br)c(F)cc1-n1c2c(ccc1=O)CN(C(=O)OC(C)(C)C)CC2.Cc1nc(C)c(F)cc1N.O[B]Oc1cc(F)cc(Cl)c1. The topological polar surface area (TPSA) is 320 Å². The molecule has 0 saturated carbocycles. The number of aromatic nitrogens is 7. The van der Waals surface area contributed by atoms with E-state index in [0.29, 0.717) is 55.7 Å². The number of benzene rings is 2. The predicted octanol–water partition coefficient (Wildman–Crippen LogP) is 16.9. The van der Waals surface area contributed by atoms with Crippen molar-refractivity contribution in [1.82, 2.24) is 43.4 Å². The average Bonchev–Trinajstić information content (AvgIpc) is 0.770. The molecule has 663 valence electrons. The first-order valence-corrected chi connectivity index (χ1v) is 41.5. The number of pyridine rings is 7. The van der Waals surface area contributed by atoms with E-state index in [4.69, 9.17) is 57.6 Å². The standard InChI is InChI=1S/C21H17ClF2N2O2.C19H21BrFN3O4.C15H14BrFN2O2.C15H20F3NO6S.C7H9FN2.C6H4BClFO2/c1-28-21-18(26-17-5-3-2-4-12(17)6-7-19(26)27)11-16(24)20(25-21)13-8-14(22)10-15(23)9-13;1-19(2,3)28-18(26)23-8-7-13-11(10-23)5-6-15(25)24(13)14-9-12(21)16(20)22-17(14)27-4;1-21-15-12(8-10(17)14(16)18-15)19-11-5-3-2-4-9(11)6-7-13(19)20;1-10(20)5-6-11-9-19(13(21)24-14(2,3)4)8-7-12(11)25-26(22,23)15(16,17)18;1-4-6(8)3-7(9)5(2)10-4;8-4-1-5(9)3-6(2-4)11-7-10/h6-11H,2-5H2,1H3;5-6,9H,7-8,10H2,1-4H3;6-8H,2-5H2,1H3;5-6H,7-9H2,1-4H3;3H,9H2,1-2H3;1-3,10H/b;;;6-5+;;. The molecule has 13 rings (SSSR count). The molecule has 0 bridgehead atoms. The molecule has 0 unspecified atom stereocenters. The van der Waals surface area contributed by atoms with E-state index in [-0.39, 0.29) is 113 Å². The Morgan fingerprint density at radius 3 is 1.43 bits per heavy atom. The van der Waals surface area contributed by atoms with Crippen LogP contribution in [-0.2, 0) is 67.2 Å². The Balaban J connectivity index is 0.000000191. The number of aryl methyl sites for hydroxylation is 4. The van der Waals surface area contributed by atoms with E-state index in [1.54, 1.807) is 45.6 Å². The number of hydrogen-bond acceptors (Lipinski definition) is 21. The molecule has 0 saturated heterocycles. The number of rotatable bonds is 13. The quantitative estimate of drug-likeness (QED) is 0.0270. The Labute approximate surface area is 734 Å². The lowest BCUT2D eigenvalue weighted by molar-refractivity contribution is -0.112. The fraction of sp³-hybridized carbons (Fsp3) is 0.349. The summed E-state index contributed by atoms with van der Waals surface area (Å²) in [6.45, 7) is 15.2. The number of amides is 2. The van der Waals surface area contributed by atoms with Crippen LogP contribution < -0.4 is 41.3 Å². The molecule has 2 aliphatic heterocycles. The van der Waals surface area contributed by atoms with E-state index in [1.807, 2.05) is 32.9 Å². The Hall–Kier alpha value is -10.7. The molecule has 0 fully saturated rings. The van der Waals surface area contributed by atoms with Crippen LogP contribution in [0.3, 0.4) is 0 Å². The fourth-order valence-corrected chi connectivity index (χ4v) is 14.3. The molecule has 7 aromatic heterocycles. The fourth-order valence-electron chi connectivity index (χ4n) is 12.7. The second kappa shape index (κ2) is 42.8. The third-order valence-electron chi connectivity index (χ3n) is 18.2. The molecule has 124 heavy (non-hydrogen) atoms. The number of nitrogen functional groups attached to an aromatic ring is 1. The van der Waals surface area contributed by atoms with Crippen molar-refractivity contribution in [1.29, 1.82) is 0 Å². The predicted molar refractivity (Wildman–Crippen MR) is 452 cm³/mol. The number of ketones is 1. The number of carbonyl (C=O) groups excluding carboxylic acids is 3. The minimum absolute atomic E-state index is 0.00190. The molecule has 2 amide bonds. The van der Waals surface area contributed by atoms with E-state index in [9.17, 15) is 76.7 Å². The van der Waals surface area contributed by atoms with Gasteiger partial charge >= 0.3 is 35.5 Å². The largest absolute Gasteiger partial charge is 0.569 e. The number of ether oxygens (including phenoxy) is 5. The number of anilines is 1. The van der Waals surface area contributed by atoms with E-state index in [1.165, 1.54) is 101 Å². The third kappa shape index (κ3) is 26.4. The zero-order valence-corrected chi connectivity index (χ0v) is 74.4. The lowest BCUT2D eigenvalue weighted by Crippen LogP contribution is -2.41. The van der Waals surface area contributed by atoms with Crippen molar-refractivity contribution in [2.75, 3.05) is 46.7 Å². The number of carbonyl (C=O) groups is 3. The number of halogens is 13. The van der Waals surface area contributed by atoms with Crippen LogP contribution in [0.5, 0.6) is 23.4 Å². The van der Waals surface area contributed by atoms with Crippen LogP contribution in [0.4, 0.5) is 54.8 Å². The highest BCUT2D eigenvalue weighted by Gasteiger charge is 2.49. The lowest BCUT2D eigenvalue weighted by atomic mass is 9.95. The van der Waals surface area contributed by atoms with Crippen LogP contribution in [0.25, 0.3) is 28.3 Å². The van der Waals surface area contributed by atoms with Crippen LogP contribution in [-0.4, -0.2) is 140 Å². The van der Waals surface area contributed by atoms with Crippen molar-refractivity contribution >= 4 is 96.5 Å². The Kier molecular flexibility index (Phi) is 34.0. The van der Waals surface area contributed by atoms with Gasteiger partial charge in [-0.2, -0.15) is 21.6 Å². The normalized spacial score (nSPS) is 13.6. The van der Waals surface area contributed by atoms with E-state index in [2.05, 4.69) is 60.6 Å². The van der Waals surface area contributed by atoms with Crippen LogP contribution in [0.2, 0.25) is 10.0 Å². The summed E-state index contributed by atoms with van der Waals surface area (Å²) in [4.78, 5) is 92.0. The van der Waals surface area contributed by atoms with Crippen molar-refractivity contribution in [3.05, 3.63) is 251 Å². The van der Waals surface area contributed by atoms with Gasteiger partial charge in [-0.3, -0.25) is 37.9 Å². The highest BCUT2D eigenvalue weighted by atomic mass is 79.9. The summed E-state index contributed by atoms with van der Waals surface area (Å²) in [6, 6.07) is 22.1. The molecule has 2 aromatic carbocycles. The molecule has 41 heteroatoms. The Morgan fingerprint density at radius 1 is 0.548 bits per heavy atom. The first kappa shape index (κ1) is 98.7. The molecular formula is C83H85BBr2Cl2F9N10O16S. The number of fused-ring (bicyclic) bond motifs is 3. The van der Waals surface area contributed by atoms with E-state index in [0.717, 1.165) is 116 Å². The van der Waals surface area contributed by atoms with Gasteiger partial charge in [0.2, 0.25) is 17.6 Å². The number of alkyl halides is 3. The lowest BCUT2D eigenvalue weighted by Gasteiger charge is -2.32. The maximum absolute atomic E-state index is 15.0. The second-order valence-corrected chi connectivity index (χ2v) is 33.6. The summed E-state index contributed by atoms with van der Waals surface area (Å²) in [5.74, 6) is -3.56. The van der Waals surface area contributed by atoms with Gasteiger partial charge in [-0.15, -0.1) is 0 Å². The molecule has 4 aliphatic rings. The molecule has 26 nitrogen and oxygen atoms in total. The number of nitrogens with zero attached hydrogens (tertiary/aromatic N) is 9. The monoisotopic (exact) mass is 1920 g/mol. The maximum atomic E-state index is 15.0. The van der Waals surface area contributed by atoms with Gasteiger partial charge in [0.1, 0.15) is 72.1 Å². The number of hydrogen-bond donors (Lipinski definition) is 2. The van der Waals surface area contributed by atoms with Gasteiger partial charge in [-0.05, 0) is 205 Å². The molecule has 0 atom stereocenters. The van der Waals surface area contributed by atoms with Gasteiger partial charge in [0.15, 0.2) is 23.2 Å². The molecule has 9 aromatic rings. The van der Waals surface area contributed by atoms with Crippen molar-refractivity contribution < 1.29 is 99.9 Å². The van der Waals surface area contributed by atoms with Crippen molar-refractivity contribution in [2.45, 2.75) is 150 Å². The maximum Gasteiger partial charge on any atom is 0.569 e. The molecular weight excluding hydrogens is 1840 g/mol. The third-order valence-corrected chi connectivity index (χ3v) is 20.8. The van der Waals surface area contributed by atoms with Crippen molar-refractivity contribution in [3.63, 3.8) is 0 Å². The van der Waals surface area contributed by atoms with Gasteiger partial charge in [0, 0.05) is 113 Å². The summed E-state index contributed by atoms with van der Waals surface area (Å²) in [5.41, 5.74) is 5.39. The summed E-state index contributed by atoms with van der Waals surface area (Å²) < 4.78 is 181. The zero-order valence-electron chi connectivity index (χ0n) is 68.9. The minimum atomic E-state index is -5.85. The zero-order chi connectivity index (χ0) is 91.8. The first-order chi connectivity index (χ1) is 58.1. The Bertz CT molecular complexity index is 5770. The molecule has 3 N–H and O–H groups in total. The smallest absolute Gasteiger partial charge is 0.537 e. The number of methoxy groups -OCH3 is 3. The average molecular weight is 1920 g/mol. The summed E-state index contributed by atoms with van der Waals surface area (Å²) in [6.07, 6.45) is 8.61. The minimum Gasteiger partial charge on any atom is -0.537 e. The van der Waals surface area contributed by atoms with Gasteiger partial charge in [-0.1, -0.05) is 41.4 Å². The number of allylic oxidation sites excluding steroid dienone is 1. The van der Waals surface area contributed by atoms with Crippen LogP contribution >= 0.6 is 55.1 Å². The van der Waals surface area contributed by atoms with E-state index >= 15 is 0 Å². The van der Waals surface area contributed by atoms with Gasteiger partial charge in [0.25, 0.3) is 16.7 Å². The van der Waals surface area contributed by atoms with Crippen LogP contribution in [0.1, 0.15) is 126 Å².